The molecule has 0 saturated heterocycles. The molecule has 0 spiro atoms. The van der Waals surface area contributed by atoms with Gasteiger partial charge in [0.25, 0.3) is 0 Å². The van der Waals surface area contributed by atoms with E-state index in [1.165, 1.54) is 0 Å². The molecule has 3 heterocycles. The van der Waals surface area contributed by atoms with Gasteiger partial charge in [0.05, 0.1) is 27.8 Å². The SMILES string of the molecule is c1ccc(-c2nc(-c3ccccc3)nc(-c3ccc(N4c5ccccc5Oc5c4ccc4c5c5ccccc5n4-c4ccccc4)cc3)n2)cc1. The van der Waals surface area contributed by atoms with E-state index in [9.17, 15) is 0 Å². The van der Waals surface area contributed by atoms with E-state index < -0.39 is 0 Å². The number of hydrogen-bond donors (Lipinski definition) is 0. The fraction of sp³-hybridized carbons (Fsp3) is 0. The van der Waals surface area contributed by atoms with Gasteiger partial charge in [-0.25, -0.2) is 15.0 Å². The largest absolute Gasteiger partial charge is 0.452 e. The van der Waals surface area contributed by atoms with Crippen molar-refractivity contribution < 1.29 is 4.74 Å². The van der Waals surface area contributed by atoms with E-state index in [-0.39, 0.29) is 0 Å². The number of benzene rings is 7. The molecule has 51 heavy (non-hydrogen) atoms. The van der Waals surface area contributed by atoms with Crippen molar-refractivity contribution in [2.24, 2.45) is 0 Å². The molecule has 0 N–H and O–H groups in total. The summed E-state index contributed by atoms with van der Waals surface area (Å²) in [6.07, 6.45) is 0. The second-order valence-corrected chi connectivity index (χ2v) is 12.5. The zero-order valence-corrected chi connectivity index (χ0v) is 27.4. The number of fused-ring (bicyclic) bond motifs is 6. The Morgan fingerprint density at radius 3 is 1.61 bits per heavy atom. The third kappa shape index (κ3) is 4.84. The summed E-state index contributed by atoms with van der Waals surface area (Å²) in [7, 11) is 0. The molecule has 1 aliphatic heterocycles. The maximum atomic E-state index is 6.82. The second-order valence-electron chi connectivity index (χ2n) is 12.5. The van der Waals surface area contributed by atoms with Crippen LogP contribution in [0.2, 0.25) is 0 Å². The molecule has 2 aromatic heterocycles. The van der Waals surface area contributed by atoms with Crippen molar-refractivity contribution in [1.29, 1.82) is 0 Å². The maximum absolute atomic E-state index is 6.82. The summed E-state index contributed by atoms with van der Waals surface area (Å²) < 4.78 is 9.14. The maximum Gasteiger partial charge on any atom is 0.164 e. The highest BCUT2D eigenvalue weighted by molar-refractivity contribution is 6.15. The quantitative estimate of drug-likeness (QED) is 0.185. The molecule has 0 aliphatic carbocycles. The number of ether oxygens (including phenoxy) is 1. The molecule has 0 fully saturated rings. The number of nitrogens with zero attached hydrogens (tertiary/aromatic N) is 5. The standard InChI is InChI=1S/C45H29N5O/c1-4-14-30(15-5-1)43-46-44(31-16-6-2-7-17-31)48-45(47-43)32-24-26-34(27-25-32)50-37-22-12-13-23-40(37)51-42-39(50)29-28-38-41(42)35-20-10-11-21-36(35)49(38)33-18-8-3-9-19-33/h1-29H. The van der Waals surface area contributed by atoms with Gasteiger partial charge in [-0.05, 0) is 66.7 Å². The Bertz CT molecular complexity index is 2650. The van der Waals surface area contributed by atoms with Crippen LogP contribution in [0.3, 0.4) is 0 Å². The highest BCUT2D eigenvalue weighted by atomic mass is 16.5. The van der Waals surface area contributed by atoms with Crippen molar-refractivity contribution in [1.82, 2.24) is 19.5 Å². The molecular formula is C45H29N5O. The zero-order valence-electron chi connectivity index (χ0n) is 27.4. The van der Waals surface area contributed by atoms with Crippen LogP contribution in [0.1, 0.15) is 0 Å². The Balaban J connectivity index is 1.12. The van der Waals surface area contributed by atoms with Crippen LogP contribution in [0, 0.1) is 0 Å². The van der Waals surface area contributed by atoms with Crippen molar-refractivity contribution in [2.75, 3.05) is 4.90 Å². The molecule has 0 amide bonds. The number of rotatable bonds is 5. The summed E-state index contributed by atoms with van der Waals surface area (Å²) in [6.45, 7) is 0. The average molecular weight is 656 g/mol. The van der Waals surface area contributed by atoms with Crippen LogP contribution < -0.4 is 9.64 Å². The molecule has 0 atom stereocenters. The Morgan fingerprint density at radius 2 is 0.941 bits per heavy atom. The predicted octanol–water partition coefficient (Wildman–Crippen LogP) is 11.5. The van der Waals surface area contributed by atoms with Gasteiger partial charge in [0.1, 0.15) is 0 Å². The normalized spacial score (nSPS) is 12.0. The first-order valence-corrected chi connectivity index (χ1v) is 17.0. The lowest BCUT2D eigenvalue weighted by atomic mass is 10.1. The van der Waals surface area contributed by atoms with Gasteiger partial charge in [-0.1, -0.05) is 109 Å². The van der Waals surface area contributed by atoms with Crippen molar-refractivity contribution in [3.63, 3.8) is 0 Å². The van der Waals surface area contributed by atoms with E-state index in [0.717, 1.165) is 72.7 Å². The van der Waals surface area contributed by atoms with E-state index in [1.807, 2.05) is 78.9 Å². The molecule has 0 unspecified atom stereocenters. The molecule has 10 rings (SSSR count). The second kappa shape index (κ2) is 11.8. The molecule has 1 aliphatic rings. The van der Waals surface area contributed by atoms with Crippen LogP contribution in [0.15, 0.2) is 176 Å². The average Bonchev–Trinajstić information content (AvgIpc) is 3.56. The summed E-state index contributed by atoms with van der Waals surface area (Å²) in [5, 5.41) is 2.22. The van der Waals surface area contributed by atoms with E-state index in [2.05, 4.69) is 107 Å². The zero-order chi connectivity index (χ0) is 33.7. The molecule has 240 valence electrons. The molecule has 6 nitrogen and oxygen atoms in total. The molecule has 7 aromatic carbocycles. The fourth-order valence-electron chi connectivity index (χ4n) is 7.10. The van der Waals surface area contributed by atoms with Crippen molar-refractivity contribution >= 4 is 38.9 Å². The number of anilines is 3. The van der Waals surface area contributed by atoms with Gasteiger partial charge in [-0.2, -0.15) is 0 Å². The van der Waals surface area contributed by atoms with E-state index >= 15 is 0 Å². The van der Waals surface area contributed by atoms with Crippen LogP contribution in [-0.2, 0) is 0 Å². The van der Waals surface area contributed by atoms with Gasteiger partial charge in [0.2, 0.25) is 0 Å². The Hall–Kier alpha value is -7.05. The molecule has 9 aromatic rings. The van der Waals surface area contributed by atoms with Crippen LogP contribution in [0.25, 0.3) is 61.7 Å². The predicted molar refractivity (Wildman–Crippen MR) is 205 cm³/mol. The van der Waals surface area contributed by atoms with Gasteiger partial charge in [-0.15, -0.1) is 0 Å². The van der Waals surface area contributed by atoms with E-state index in [1.54, 1.807) is 0 Å². The minimum Gasteiger partial charge on any atom is -0.452 e. The molecule has 0 radical (unpaired) electrons. The summed E-state index contributed by atoms with van der Waals surface area (Å²) in [5.74, 6) is 3.53. The van der Waals surface area contributed by atoms with Gasteiger partial charge in [0, 0.05) is 33.5 Å². The minimum atomic E-state index is 0.618. The highest BCUT2D eigenvalue weighted by Gasteiger charge is 2.29. The first-order chi connectivity index (χ1) is 25.3. The first-order valence-electron chi connectivity index (χ1n) is 17.0. The molecule has 0 saturated carbocycles. The van der Waals surface area contributed by atoms with Crippen molar-refractivity contribution in [3.8, 4) is 51.3 Å². The number of aromatic nitrogens is 4. The lowest BCUT2D eigenvalue weighted by molar-refractivity contribution is 0.483. The Labute approximate surface area is 294 Å². The van der Waals surface area contributed by atoms with E-state index in [4.69, 9.17) is 19.7 Å². The lowest BCUT2D eigenvalue weighted by Crippen LogP contribution is -2.16. The van der Waals surface area contributed by atoms with Crippen LogP contribution in [0.5, 0.6) is 11.5 Å². The summed E-state index contributed by atoms with van der Waals surface area (Å²) in [5.41, 5.74) is 9.07. The summed E-state index contributed by atoms with van der Waals surface area (Å²) in [6, 6.07) is 60.2. The molecular weight excluding hydrogens is 627 g/mol. The van der Waals surface area contributed by atoms with Gasteiger partial charge in [-0.3, -0.25) is 0 Å². The lowest BCUT2D eigenvalue weighted by Gasteiger charge is -2.33. The van der Waals surface area contributed by atoms with Crippen molar-refractivity contribution in [3.05, 3.63) is 176 Å². The molecule has 6 heteroatoms. The van der Waals surface area contributed by atoms with E-state index in [0.29, 0.717) is 17.5 Å². The third-order valence-electron chi connectivity index (χ3n) is 9.43. The van der Waals surface area contributed by atoms with Crippen LogP contribution >= 0.6 is 0 Å². The van der Waals surface area contributed by atoms with Crippen LogP contribution in [-0.4, -0.2) is 19.5 Å². The van der Waals surface area contributed by atoms with Gasteiger partial charge in [0.15, 0.2) is 29.0 Å². The first kappa shape index (κ1) is 28.9. The van der Waals surface area contributed by atoms with Gasteiger partial charge < -0.3 is 14.2 Å². The number of para-hydroxylation sites is 4. The number of hydrogen-bond acceptors (Lipinski definition) is 5. The van der Waals surface area contributed by atoms with Gasteiger partial charge >= 0.3 is 0 Å². The van der Waals surface area contributed by atoms with Crippen molar-refractivity contribution in [2.45, 2.75) is 0 Å². The smallest absolute Gasteiger partial charge is 0.164 e. The topological polar surface area (TPSA) is 56.1 Å². The Kier molecular flexibility index (Phi) is 6.70. The van der Waals surface area contributed by atoms with Crippen LogP contribution in [0.4, 0.5) is 17.1 Å². The minimum absolute atomic E-state index is 0.618. The third-order valence-corrected chi connectivity index (χ3v) is 9.43. The highest BCUT2D eigenvalue weighted by Crippen LogP contribution is 2.54. The molecule has 0 bridgehead atoms. The fourth-order valence-corrected chi connectivity index (χ4v) is 7.10. The summed E-state index contributed by atoms with van der Waals surface area (Å²) >= 11 is 0. The Morgan fingerprint density at radius 1 is 0.392 bits per heavy atom. The monoisotopic (exact) mass is 655 g/mol. The summed E-state index contributed by atoms with van der Waals surface area (Å²) in [4.78, 5) is 17.0.